The van der Waals surface area contributed by atoms with Gasteiger partial charge in [-0.15, -0.1) is 0 Å². The van der Waals surface area contributed by atoms with Crippen molar-refractivity contribution in [1.29, 1.82) is 0 Å². The molecular weight excluding hydrogens is 350 g/mol. The van der Waals surface area contributed by atoms with Gasteiger partial charge in [-0.05, 0) is 19.4 Å². The van der Waals surface area contributed by atoms with Gasteiger partial charge in [0.25, 0.3) is 0 Å². The number of esters is 1. The van der Waals surface area contributed by atoms with E-state index in [0.717, 1.165) is 0 Å². The highest BCUT2D eigenvalue weighted by molar-refractivity contribution is 6.10. The Morgan fingerprint density at radius 2 is 1.96 bits per heavy atom. The van der Waals surface area contributed by atoms with E-state index in [1.165, 1.54) is 7.11 Å². The largest absolute Gasteiger partial charge is 0.479 e. The number of Topliss-reactive ketones (excluding diaryl/α,β-unsaturated/α-hetero) is 1. The van der Waals surface area contributed by atoms with Gasteiger partial charge in [0.2, 0.25) is 5.90 Å². The van der Waals surface area contributed by atoms with E-state index in [-0.39, 0.29) is 31.3 Å². The summed E-state index contributed by atoms with van der Waals surface area (Å²) >= 11 is 0. The number of carbonyl (C=O) groups excluding carboxylic acids is 2. The number of hydrogen-bond donors (Lipinski definition) is 1. The summed E-state index contributed by atoms with van der Waals surface area (Å²) in [5.74, 6) is -1.56. The first-order valence-corrected chi connectivity index (χ1v) is 9.19. The molecule has 27 heavy (non-hydrogen) atoms. The molecule has 1 aliphatic heterocycles. The van der Waals surface area contributed by atoms with Gasteiger partial charge in [0.05, 0.1) is 19.1 Å². The predicted octanol–water partition coefficient (Wildman–Crippen LogP) is 1.23. The fourth-order valence-corrected chi connectivity index (χ4v) is 5.42. The van der Waals surface area contributed by atoms with Crippen molar-refractivity contribution < 1.29 is 28.9 Å². The third-order valence-electron chi connectivity index (χ3n) is 6.23. The summed E-state index contributed by atoms with van der Waals surface area (Å²) in [5, 5.41) is 11.8. The number of aliphatic imine (C=N–C) groups is 1. The molecule has 2 fully saturated rings. The molecule has 7 heteroatoms. The van der Waals surface area contributed by atoms with Crippen LogP contribution >= 0.6 is 0 Å². The van der Waals surface area contributed by atoms with Crippen molar-refractivity contribution in [2.45, 2.75) is 37.5 Å². The summed E-state index contributed by atoms with van der Waals surface area (Å²) in [6, 6.07) is 9.12. The minimum Gasteiger partial charge on any atom is -0.479 e. The van der Waals surface area contributed by atoms with Crippen LogP contribution in [0, 0.1) is 11.3 Å². The Bertz CT molecular complexity index is 823. The number of aliphatic hydroxyl groups is 1. The van der Waals surface area contributed by atoms with Gasteiger partial charge in [-0.25, -0.2) is 4.99 Å². The Hall–Kier alpha value is -2.25. The van der Waals surface area contributed by atoms with Crippen molar-refractivity contribution in [3.05, 3.63) is 35.9 Å². The lowest BCUT2D eigenvalue weighted by molar-refractivity contribution is -0.180. The summed E-state index contributed by atoms with van der Waals surface area (Å²) in [6.45, 7) is 3.86. The third-order valence-corrected chi connectivity index (χ3v) is 6.23. The highest BCUT2D eigenvalue weighted by Gasteiger charge is 2.92. The van der Waals surface area contributed by atoms with Crippen LogP contribution in [0.3, 0.4) is 0 Å². The Morgan fingerprint density at radius 3 is 2.56 bits per heavy atom. The fourth-order valence-electron chi connectivity index (χ4n) is 5.42. The molecule has 2 saturated carbocycles. The summed E-state index contributed by atoms with van der Waals surface area (Å²) in [6.07, 6.45) is -1.11. The van der Waals surface area contributed by atoms with Crippen LogP contribution in [0.2, 0.25) is 0 Å². The van der Waals surface area contributed by atoms with E-state index < -0.39 is 34.5 Å². The van der Waals surface area contributed by atoms with E-state index in [9.17, 15) is 14.7 Å². The number of methoxy groups -OCH3 is 1. The molecule has 1 N–H and O–H groups in total. The van der Waals surface area contributed by atoms with Crippen LogP contribution in [0.1, 0.15) is 25.8 Å². The minimum absolute atomic E-state index is 0.0394. The lowest BCUT2D eigenvalue weighted by Crippen LogP contribution is -2.63. The molecule has 0 spiro atoms. The maximum absolute atomic E-state index is 13.3. The van der Waals surface area contributed by atoms with Crippen molar-refractivity contribution >= 4 is 17.7 Å². The average molecular weight is 373 g/mol. The summed E-state index contributed by atoms with van der Waals surface area (Å²) in [4.78, 5) is 31.0. The SMILES string of the molecule is CCOC(=O)[C@]12CC(=O)[C@@H]3C(OC)[C@@]1(O)C(OCC)=N[C@@]32c1ccccc1. The number of hydrogen-bond acceptors (Lipinski definition) is 7. The zero-order chi connectivity index (χ0) is 19.4. The molecule has 144 valence electrons. The van der Waals surface area contributed by atoms with Crippen molar-refractivity contribution in [2.75, 3.05) is 20.3 Å². The van der Waals surface area contributed by atoms with Gasteiger partial charge in [-0.1, -0.05) is 30.3 Å². The highest BCUT2D eigenvalue weighted by atomic mass is 16.5. The van der Waals surface area contributed by atoms with Crippen LogP contribution in [0.5, 0.6) is 0 Å². The molecule has 5 atom stereocenters. The molecule has 1 aromatic rings. The maximum atomic E-state index is 13.3. The van der Waals surface area contributed by atoms with Crippen LogP contribution in [0.4, 0.5) is 0 Å². The Kier molecular flexibility index (Phi) is 3.94. The maximum Gasteiger partial charge on any atom is 0.319 e. The topological polar surface area (TPSA) is 94.4 Å². The first-order valence-electron chi connectivity index (χ1n) is 9.19. The van der Waals surface area contributed by atoms with E-state index >= 15 is 0 Å². The zero-order valence-electron chi connectivity index (χ0n) is 15.6. The van der Waals surface area contributed by atoms with Gasteiger partial charge in [-0.2, -0.15) is 0 Å². The number of ether oxygens (including phenoxy) is 3. The molecule has 0 amide bonds. The lowest BCUT2D eigenvalue weighted by atomic mass is 9.65. The van der Waals surface area contributed by atoms with Gasteiger partial charge >= 0.3 is 5.97 Å². The standard InChI is InChI=1S/C20H23NO6/c1-4-26-16-20(24)15(25-3)14-13(22)11-18(20,17(23)27-5-2)19(14,21-16)12-9-7-6-8-10-12/h6-10,14-15,24H,4-5,11H2,1-3H3/t14-,15?,18+,19+,20-/m1/s1. The van der Waals surface area contributed by atoms with Gasteiger partial charge in [0.15, 0.2) is 5.60 Å². The van der Waals surface area contributed by atoms with Crippen molar-refractivity contribution in [3.8, 4) is 0 Å². The summed E-state index contributed by atoms with van der Waals surface area (Å²) in [7, 11) is 1.42. The Balaban J connectivity index is 2.06. The molecule has 3 aliphatic rings. The number of carbonyl (C=O) groups is 2. The van der Waals surface area contributed by atoms with E-state index in [0.29, 0.717) is 5.56 Å². The number of rotatable bonds is 5. The van der Waals surface area contributed by atoms with E-state index in [4.69, 9.17) is 19.2 Å². The molecule has 2 aliphatic carbocycles. The van der Waals surface area contributed by atoms with E-state index in [1.807, 2.05) is 30.3 Å². The monoisotopic (exact) mass is 373 g/mol. The second kappa shape index (κ2) is 5.87. The molecule has 1 unspecified atom stereocenters. The van der Waals surface area contributed by atoms with Crippen LogP contribution < -0.4 is 0 Å². The number of nitrogens with zero attached hydrogens (tertiary/aromatic N) is 1. The van der Waals surface area contributed by atoms with Crippen molar-refractivity contribution in [3.63, 3.8) is 0 Å². The molecule has 0 radical (unpaired) electrons. The highest BCUT2D eigenvalue weighted by Crippen LogP contribution is 2.74. The first kappa shape index (κ1) is 18.1. The van der Waals surface area contributed by atoms with Crippen LogP contribution in [-0.2, 0) is 29.3 Å². The smallest absolute Gasteiger partial charge is 0.319 e. The molecule has 0 aromatic heterocycles. The predicted molar refractivity (Wildman–Crippen MR) is 95.1 cm³/mol. The summed E-state index contributed by atoms with van der Waals surface area (Å²) < 4.78 is 16.6. The quantitative estimate of drug-likeness (QED) is 0.780. The first-order chi connectivity index (χ1) is 13.0. The third kappa shape index (κ3) is 1.77. The van der Waals surface area contributed by atoms with Crippen LogP contribution in [0.15, 0.2) is 35.3 Å². The molecule has 4 rings (SSSR count). The van der Waals surface area contributed by atoms with Gasteiger partial charge in [-0.3, -0.25) is 9.59 Å². The molecule has 7 nitrogen and oxygen atoms in total. The summed E-state index contributed by atoms with van der Waals surface area (Å²) in [5.41, 5.74) is -4.11. The molecular formula is C20H23NO6. The Morgan fingerprint density at radius 1 is 1.26 bits per heavy atom. The van der Waals surface area contributed by atoms with Gasteiger partial charge in [0.1, 0.15) is 22.8 Å². The van der Waals surface area contributed by atoms with E-state index in [2.05, 4.69) is 0 Å². The van der Waals surface area contributed by atoms with Gasteiger partial charge < -0.3 is 19.3 Å². The molecule has 1 aromatic carbocycles. The minimum atomic E-state index is -1.86. The van der Waals surface area contributed by atoms with Crippen molar-refractivity contribution in [1.82, 2.24) is 0 Å². The molecule has 1 heterocycles. The van der Waals surface area contributed by atoms with E-state index in [1.54, 1.807) is 13.8 Å². The lowest BCUT2D eigenvalue weighted by Gasteiger charge is -2.41. The van der Waals surface area contributed by atoms with Crippen molar-refractivity contribution in [2.24, 2.45) is 16.3 Å². The van der Waals surface area contributed by atoms with Gasteiger partial charge in [0, 0.05) is 13.5 Å². The second-order valence-corrected chi connectivity index (χ2v) is 7.15. The van der Waals surface area contributed by atoms with Crippen LogP contribution in [-0.4, -0.2) is 54.8 Å². The fraction of sp³-hybridized carbons (Fsp3) is 0.550. The zero-order valence-corrected chi connectivity index (χ0v) is 15.6. The number of ketones is 1. The number of benzene rings is 1. The normalized spacial score (nSPS) is 38.8. The Labute approximate surface area is 157 Å². The molecule has 0 saturated heterocycles. The second-order valence-electron chi connectivity index (χ2n) is 7.15. The van der Waals surface area contributed by atoms with Crippen LogP contribution in [0.25, 0.3) is 0 Å². The average Bonchev–Trinajstić information content (AvgIpc) is 3.13. The molecule has 4 bridgehead atoms.